The number of nitrogens with zero attached hydrogens (tertiary/aromatic N) is 2. The molecule has 1 aromatic rings. The lowest BCUT2D eigenvalue weighted by Crippen LogP contribution is -2.37. The maximum Gasteiger partial charge on any atom is 0.256 e. The Morgan fingerprint density at radius 3 is 1.02 bits per heavy atom. The van der Waals surface area contributed by atoms with Crippen molar-refractivity contribution in [2.45, 2.75) is 259 Å². The van der Waals surface area contributed by atoms with E-state index < -0.39 is 0 Å². The Kier molecular flexibility index (Phi) is 31.1. The predicted molar refractivity (Wildman–Crippen MR) is 202 cm³/mol. The molecule has 1 heterocycles. The zero-order chi connectivity index (χ0) is 32.5. The highest BCUT2D eigenvalue weighted by molar-refractivity contribution is 4.86. The van der Waals surface area contributed by atoms with Crippen LogP contribution in [0.25, 0.3) is 0 Å². The van der Waals surface area contributed by atoms with Crippen LogP contribution in [0.4, 0.5) is 0 Å². The van der Waals surface area contributed by atoms with Crippen LogP contribution in [0.5, 0.6) is 0 Å². The van der Waals surface area contributed by atoms with E-state index in [4.69, 9.17) is 0 Å². The van der Waals surface area contributed by atoms with Crippen molar-refractivity contribution in [2.75, 3.05) is 0 Å². The molecule has 45 heavy (non-hydrogen) atoms. The Balaban J connectivity index is 1.99. The fourth-order valence-corrected chi connectivity index (χ4v) is 7.26. The molecule has 0 unspecified atom stereocenters. The minimum absolute atomic E-state index is 0.567. The van der Waals surface area contributed by atoms with Gasteiger partial charge in [0.05, 0.1) is 12.6 Å². The number of unbranched alkanes of at least 4 members (excludes halogenated alkanes) is 31. The van der Waals surface area contributed by atoms with E-state index in [0.717, 1.165) is 0 Å². The summed E-state index contributed by atoms with van der Waals surface area (Å²) in [6.45, 7) is 10.5. The summed E-state index contributed by atoms with van der Waals surface area (Å²) in [5, 5.41) is 0. The Labute approximate surface area is 285 Å². The fourth-order valence-electron chi connectivity index (χ4n) is 7.26. The van der Waals surface area contributed by atoms with Crippen molar-refractivity contribution < 1.29 is 4.57 Å². The number of aromatic nitrogens is 2. The molecule has 0 saturated heterocycles. The minimum atomic E-state index is 0.567. The molecule has 1 rings (SSSR count). The molecule has 0 saturated carbocycles. The van der Waals surface area contributed by atoms with Crippen LogP contribution in [0.1, 0.15) is 251 Å². The number of aryl methyl sites for hydroxylation is 1. The summed E-state index contributed by atoms with van der Waals surface area (Å²) in [5.74, 6) is 1.58. The average Bonchev–Trinajstić information content (AvgIpc) is 3.45. The lowest BCUT2D eigenvalue weighted by Gasteiger charge is -2.08. The summed E-state index contributed by atoms with van der Waals surface area (Å²) in [4.78, 5) is 0. The molecule has 266 valence electrons. The van der Waals surface area contributed by atoms with E-state index in [9.17, 15) is 0 Å². The highest BCUT2D eigenvalue weighted by Crippen LogP contribution is 2.17. The lowest BCUT2D eigenvalue weighted by molar-refractivity contribution is -0.704. The van der Waals surface area contributed by atoms with Crippen molar-refractivity contribution in [2.24, 2.45) is 0 Å². The largest absolute Gasteiger partial charge is 0.256 e. The van der Waals surface area contributed by atoms with Gasteiger partial charge >= 0.3 is 0 Å². The second kappa shape index (κ2) is 33.1. The highest BCUT2D eigenvalue weighted by atomic mass is 15.2. The van der Waals surface area contributed by atoms with E-state index in [-0.39, 0.29) is 0 Å². The minimum Gasteiger partial charge on any atom is -0.234 e. The molecule has 0 spiro atoms. The van der Waals surface area contributed by atoms with Crippen molar-refractivity contribution in [1.29, 1.82) is 0 Å². The second-order valence-corrected chi connectivity index (χ2v) is 15.1. The molecular formula is C43H85N2+. The fraction of sp³-hybridized carbons (Fsp3) is 0.930. The van der Waals surface area contributed by atoms with Gasteiger partial charge in [0.2, 0.25) is 0 Å². The van der Waals surface area contributed by atoms with Gasteiger partial charge in [-0.2, -0.15) is 0 Å². The maximum atomic E-state index is 2.59. The van der Waals surface area contributed by atoms with E-state index >= 15 is 0 Å². The van der Waals surface area contributed by atoms with Gasteiger partial charge in [0.15, 0.2) is 0 Å². The van der Waals surface area contributed by atoms with Crippen molar-refractivity contribution >= 4 is 0 Å². The zero-order valence-electron chi connectivity index (χ0n) is 31.9. The maximum absolute atomic E-state index is 2.59. The molecule has 0 amide bonds. The molecule has 2 nitrogen and oxygen atoms in total. The molecule has 0 aromatic carbocycles. The van der Waals surface area contributed by atoms with E-state index in [0.29, 0.717) is 6.04 Å². The third-order valence-electron chi connectivity index (χ3n) is 10.3. The number of hydrogen-bond acceptors (Lipinski definition) is 0. The van der Waals surface area contributed by atoms with Gasteiger partial charge in [-0.25, -0.2) is 9.13 Å². The summed E-state index contributed by atoms with van der Waals surface area (Å²) in [7, 11) is 0. The first-order chi connectivity index (χ1) is 22.2. The summed E-state index contributed by atoms with van der Waals surface area (Å²) in [6, 6.07) is 0.567. The second-order valence-electron chi connectivity index (χ2n) is 15.1. The molecule has 1 aromatic heterocycles. The van der Waals surface area contributed by atoms with Gasteiger partial charge in [-0.1, -0.05) is 206 Å². The number of imidazole rings is 1. The Bertz CT molecular complexity index is 705. The van der Waals surface area contributed by atoms with Crippen LogP contribution in [-0.4, -0.2) is 4.57 Å². The van der Waals surface area contributed by atoms with Crippen LogP contribution in [-0.2, 0) is 13.0 Å². The third kappa shape index (κ3) is 25.9. The van der Waals surface area contributed by atoms with Gasteiger partial charge in [0.1, 0.15) is 12.4 Å². The van der Waals surface area contributed by atoms with Crippen LogP contribution >= 0.6 is 0 Å². The van der Waals surface area contributed by atoms with E-state index in [2.05, 4.69) is 49.2 Å². The van der Waals surface area contributed by atoms with Gasteiger partial charge < -0.3 is 0 Å². The summed E-state index contributed by atoms with van der Waals surface area (Å²) in [5.41, 5.74) is 0. The van der Waals surface area contributed by atoms with E-state index in [1.165, 1.54) is 225 Å². The van der Waals surface area contributed by atoms with Gasteiger partial charge in [-0.15, -0.1) is 0 Å². The van der Waals surface area contributed by atoms with Crippen LogP contribution in [0.15, 0.2) is 12.4 Å². The lowest BCUT2D eigenvalue weighted by atomic mass is 10.0. The SMILES string of the molecule is CCCCCCCCCCCCCCCCCCCc1n(C(C)C)cc[n+]1CCCCCCCCCCCCCCCCCC. The molecule has 0 aliphatic carbocycles. The average molecular weight is 630 g/mol. The van der Waals surface area contributed by atoms with Crippen molar-refractivity contribution in [3.63, 3.8) is 0 Å². The molecule has 2 heteroatoms. The summed E-state index contributed by atoms with van der Waals surface area (Å²) >= 11 is 0. The van der Waals surface area contributed by atoms with Crippen molar-refractivity contribution in [1.82, 2.24) is 4.57 Å². The molecule has 0 aliphatic heterocycles. The Morgan fingerprint density at radius 2 is 0.711 bits per heavy atom. The first kappa shape index (κ1) is 42.2. The monoisotopic (exact) mass is 630 g/mol. The molecule has 0 radical (unpaired) electrons. The van der Waals surface area contributed by atoms with Crippen molar-refractivity contribution in [3.05, 3.63) is 18.2 Å². The molecular weight excluding hydrogens is 544 g/mol. The van der Waals surface area contributed by atoms with Gasteiger partial charge in [-0.05, 0) is 33.1 Å². The molecule has 0 aliphatic rings. The zero-order valence-corrected chi connectivity index (χ0v) is 31.9. The van der Waals surface area contributed by atoms with Crippen LogP contribution in [0, 0.1) is 0 Å². The quantitative estimate of drug-likeness (QED) is 0.0516. The Morgan fingerprint density at radius 1 is 0.422 bits per heavy atom. The van der Waals surface area contributed by atoms with Crippen LogP contribution in [0.3, 0.4) is 0 Å². The molecule has 0 bridgehead atoms. The van der Waals surface area contributed by atoms with Gasteiger partial charge in [0, 0.05) is 6.42 Å². The predicted octanol–water partition coefficient (Wildman–Crippen LogP) is 14.8. The smallest absolute Gasteiger partial charge is 0.234 e. The number of rotatable bonds is 36. The summed E-state index contributed by atoms with van der Waals surface area (Å²) in [6.07, 6.45) is 53.7. The first-order valence-corrected chi connectivity index (χ1v) is 21.3. The normalized spacial score (nSPS) is 11.8. The Hall–Kier alpha value is -0.790. The van der Waals surface area contributed by atoms with Crippen LogP contribution < -0.4 is 4.57 Å². The van der Waals surface area contributed by atoms with Crippen molar-refractivity contribution in [3.8, 4) is 0 Å². The standard InChI is InChI=1S/C43H85N2/c1-5-7-9-11-13-15-17-19-21-23-24-26-28-30-32-34-36-38-43-44(40-41-45(43)42(3)4)39-37-35-33-31-29-27-25-22-20-18-16-14-12-10-8-6-2/h40-42H,5-39H2,1-4H3/q+1. The molecule has 0 fully saturated rings. The highest BCUT2D eigenvalue weighted by Gasteiger charge is 2.18. The summed E-state index contributed by atoms with van der Waals surface area (Å²) < 4.78 is 5.13. The van der Waals surface area contributed by atoms with Crippen LogP contribution in [0.2, 0.25) is 0 Å². The molecule has 0 N–H and O–H groups in total. The number of hydrogen-bond donors (Lipinski definition) is 0. The first-order valence-electron chi connectivity index (χ1n) is 21.3. The van der Waals surface area contributed by atoms with Gasteiger partial charge in [-0.3, -0.25) is 0 Å². The van der Waals surface area contributed by atoms with Gasteiger partial charge in [0.25, 0.3) is 5.82 Å². The van der Waals surface area contributed by atoms with E-state index in [1.807, 2.05) is 0 Å². The molecule has 0 atom stereocenters. The third-order valence-corrected chi connectivity index (χ3v) is 10.3. The van der Waals surface area contributed by atoms with E-state index in [1.54, 1.807) is 5.82 Å². The topological polar surface area (TPSA) is 8.81 Å².